The number of aromatic nitrogens is 4. The molecule has 0 aliphatic carbocycles. The topological polar surface area (TPSA) is 118 Å². The lowest BCUT2D eigenvalue weighted by molar-refractivity contribution is 0.0996. The summed E-state index contributed by atoms with van der Waals surface area (Å²) in [5.41, 5.74) is 7.41. The number of hydrogen-bond acceptors (Lipinski definition) is 4. The summed E-state index contributed by atoms with van der Waals surface area (Å²) in [6, 6.07) is 9.15. The van der Waals surface area contributed by atoms with E-state index in [0.717, 1.165) is 34.3 Å². The highest BCUT2D eigenvalue weighted by Gasteiger charge is 2.26. The normalized spacial score (nSPS) is 11.3. The maximum atomic E-state index is 14.7. The molecular formula is C23H15F2N5O2. The van der Waals surface area contributed by atoms with Crippen LogP contribution in [0.4, 0.5) is 8.78 Å². The summed E-state index contributed by atoms with van der Waals surface area (Å²) in [5.74, 6) is -4.39. The first kappa shape index (κ1) is 19.6. The van der Waals surface area contributed by atoms with Crippen molar-refractivity contribution in [3.63, 3.8) is 0 Å². The summed E-state index contributed by atoms with van der Waals surface area (Å²) in [7, 11) is 0. The SMILES string of the molecule is Cc1[nH]nc2ccc(-c3cnc4[nH]cc(C(=O)c5c(F)ccc(C(N)=O)c5F)c4c3)cc12. The van der Waals surface area contributed by atoms with Crippen molar-refractivity contribution in [1.82, 2.24) is 20.2 Å². The molecule has 2 aromatic carbocycles. The van der Waals surface area contributed by atoms with Crippen molar-refractivity contribution in [3.8, 4) is 11.1 Å². The summed E-state index contributed by atoms with van der Waals surface area (Å²) in [5, 5.41) is 8.47. The molecule has 9 heteroatoms. The van der Waals surface area contributed by atoms with E-state index in [1.807, 2.05) is 25.1 Å². The molecule has 0 bridgehead atoms. The molecule has 3 heterocycles. The van der Waals surface area contributed by atoms with Crippen molar-refractivity contribution < 1.29 is 18.4 Å². The van der Waals surface area contributed by atoms with E-state index < -0.39 is 34.5 Å². The van der Waals surface area contributed by atoms with Gasteiger partial charge in [0.05, 0.1) is 16.6 Å². The third-order valence-electron chi connectivity index (χ3n) is 5.44. The minimum absolute atomic E-state index is 0.0225. The second-order valence-electron chi connectivity index (χ2n) is 7.38. The number of amides is 1. The smallest absolute Gasteiger partial charge is 0.251 e. The highest BCUT2D eigenvalue weighted by Crippen LogP contribution is 2.30. The number of carbonyl (C=O) groups excluding carboxylic acids is 2. The Kier molecular flexibility index (Phi) is 4.33. The van der Waals surface area contributed by atoms with Gasteiger partial charge in [-0.3, -0.25) is 14.7 Å². The fourth-order valence-electron chi connectivity index (χ4n) is 3.75. The highest BCUT2D eigenvalue weighted by atomic mass is 19.1. The molecule has 0 saturated heterocycles. The number of halogens is 2. The minimum Gasteiger partial charge on any atom is -0.366 e. The Hall–Kier alpha value is -4.40. The van der Waals surface area contributed by atoms with Crippen LogP contribution in [-0.4, -0.2) is 31.9 Å². The fraction of sp³-hybridized carbons (Fsp3) is 0.0435. The Morgan fingerprint density at radius 3 is 2.56 bits per heavy atom. The maximum Gasteiger partial charge on any atom is 0.251 e. The molecule has 4 N–H and O–H groups in total. The van der Waals surface area contributed by atoms with E-state index in [2.05, 4.69) is 20.2 Å². The Bertz CT molecular complexity index is 1570. The number of nitrogens with one attached hydrogen (secondary N) is 2. The second-order valence-corrected chi connectivity index (χ2v) is 7.38. The van der Waals surface area contributed by atoms with Gasteiger partial charge in [-0.05, 0) is 42.8 Å². The molecule has 0 aliphatic heterocycles. The monoisotopic (exact) mass is 431 g/mol. The molecule has 32 heavy (non-hydrogen) atoms. The Balaban J connectivity index is 1.65. The third-order valence-corrected chi connectivity index (χ3v) is 5.44. The van der Waals surface area contributed by atoms with Crippen molar-refractivity contribution in [2.45, 2.75) is 6.92 Å². The summed E-state index contributed by atoms with van der Waals surface area (Å²) in [6.45, 7) is 1.91. The van der Waals surface area contributed by atoms with E-state index in [9.17, 15) is 18.4 Å². The first-order valence-electron chi connectivity index (χ1n) is 9.60. The Labute approximate surface area is 179 Å². The van der Waals surface area contributed by atoms with E-state index in [0.29, 0.717) is 16.6 Å². The van der Waals surface area contributed by atoms with Crippen LogP contribution in [0.25, 0.3) is 33.1 Å². The van der Waals surface area contributed by atoms with Crippen LogP contribution in [0.15, 0.2) is 48.8 Å². The number of primary amides is 1. The van der Waals surface area contributed by atoms with E-state index in [1.165, 1.54) is 6.20 Å². The largest absolute Gasteiger partial charge is 0.366 e. The minimum atomic E-state index is -1.29. The summed E-state index contributed by atoms with van der Waals surface area (Å²) in [6.07, 6.45) is 2.97. The average Bonchev–Trinajstić information content (AvgIpc) is 3.36. The third kappa shape index (κ3) is 2.94. The number of aryl methyl sites for hydroxylation is 1. The number of nitrogens with zero attached hydrogens (tertiary/aromatic N) is 2. The second kappa shape index (κ2) is 7.09. The number of H-pyrrole nitrogens is 2. The maximum absolute atomic E-state index is 14.7. The summed E-state index contributed by atoms with van der Waals surface area (Å²) >= 11 is 0. The van der Waals surface area contributed by atoms with Gasteiger partial charge in [-0.2, -0.15) is 5.10 Å². The van der Waals surface area contributed by atoms with Crippen molar-refractivity contribution in [2.24, 2.45) is 5.73 Å². The molecule has 0 saturated carbocycles. The van der Waals surface area contributed by atoms with Gasteiger partial charge in [0.25, 0.3) is 5.91 Å². The molecule has 158 valence electrons. The van der Waals surface area contributed by atoms with Gasteiger partial charge in [-0.1, -0.05) is 6.07 Å². The van der Waals surface area contributed by atoms with E-state index in [1.54, 1.807) is 12.3 Å². The Morgan fingerprint density at radius 2 is 1.78 bits per heavy atom. The van der Waals surface area contributed by atoms with E-state index >= 15 is 0 Å². The number of pyridine rings is 1. The van der Waals surface area contributed by atoms with Crippen LogP contribution in [-0.2, 0) is 0 Å². The number of hydrogen-bond donors (Lipinski definition) is 3. The lowest BCUT2D eigenvalue weighted by Crippen LogP contribution is -2.17. The van der Waals surface area contributed by atoms with Crippen LogP contribution < -0.4 is 5.73 Å². The lowest BCUT2D eigenvalue weighted by Gasteiger charge is -2.07. The number of fused-ring (bicyclic) bond motifs is 2. The first-order chi connectivity index (χ1) is 15.3. The van der Waals surface area contributed by atoms with Crippen LogP contribution in [0, 0.1) is 18.6 Å². The molecule has 0 atom stereocenters. The van der Waals surface area contributed by atoms with Gasteiger partial charge in [-0.25, -0.2) is 13.8 Å². The van der Waals surface area contributed by atoms with Gasteiger partial charge in [0.2, 0.25) is 5.78 Å². The predicted molar refractivity (Wildman–Crippen MR) is 114 cm³/mol. The average molecular weight is 431 g/mol. The van der Waals surface area contributed by atoms with E-state index in [-0.39, 0.29) is 5.56 Å². The van der Waals surface area contributed by atoms with Crippen molar-refractivity contribution in [2.75, 3.05) is 0 Å². The Morgan fingerprint density at radius 1 is 1.00 bits per heavy atom. The van der Waals surface area contributed by atoms with Crippen LogP contribution in [0.3, 0.4) is 0 Å². The van der Waals surface area contributed by atoms with Crippen LogP contribution in [0.5, 0.6) is 0 Å². The van der Waals surface area contributed by atoms with Crippen molar-refractivity contribution >= 4 is 33.6 Å². The zero-order valence-corrected chi connectivity index (χ0v) is 16.7. The molecule has 0 fully saturated rings. The molecule has 0 aliphatic rings. The standard InChI is InChI=1S/C23H15F2N5O2/c1-10-14-6-11(2-5-18(14)30-29-10)12-7-15-16(9-28-23(15)27-8-12)21(31)19-17(24)4-3-13(20(19)25)22(26)32/h2-9H,1H3,(H2,26,32)(H,27,28)(H,29,30). The number of nitrogens with two attached hydrogens (primary N) is 1. The molecule has 0 unspecified atom stereocenters. The highest BCUT2D eigenvalue weighted by molar-refractivity contribution is 6.17. The van der Waals surface area contributed by atoms with Gasteiger partial charge in [0, 0.05) is 40.0 Å². The fourth-order valence-corrected chi connectivity index (χ4v) is 3.75. The molecule has 0 spiro atoms. The first-order valence-corrected chi connectivity index (χ1v) is 9.60. The molecule has 0 radical (unpaired) electrons. The predicted octanol–water partition coefficient (Wildman–Crippen LogP) is 4.02. The van der Waals surface area contributed by atoms with Crippen molar-refractivity contribution in [1.29, 1.82) is 0 Å². The molecule has 3 aromatic heterocycles. The van der Waals surface area contributed by atoms with Crippen LogP contribution >= 0.6 is 0 Å². The van der Waals surface area contributed by atoms with Gasteiger partial charge in [-0.15, -0.1) is 0 Å². The number of benzene rings is 2. The summed E-state index contributed by atoms with van der Waals surface area (Å²) in [4.78, 5) is 31.7. The number of ketones is 1. The van der Waals surface area contributed by atoms with Gasteiger partial charge >= 0.3 is 0 Å². The molecule has 7 nitrogen and oxygen atoms in total. The van der Waals surface area contributed by atoms with Gasteiger partial charge in [0.1, 0.15) is 17.3 Å². The molecule has 5 aromatic rings. The van der Waals surface area contributed by atoms with Crippen LogP contribution in [0.2, 0.25) is 0 Å². The van der Waals surface area contributed by atoms with E-state index in [4.69, 9.17) is 5.73 Å². The van der Waals surface area contributed by atoms with Gasteiger partial charge < -0.3 is 10.7 Å². The quantitative estimate of drug-likeness (QED) is 0.373. The van der Waals surface area contributed by atoms with Crippen LogP contribution in [0.1, 0.15) is 32.0 Å². The molecular weight excluding hydrogens is 416 g/mol. The number of carbonyl (C=O) groups is 2. The molecule has 1 amide bonds. The zero-order chi connectivity index (χ0) is 22.6. The molecule has 5 rings (SSSR count). The zero-order valence-electron chi connectivity index (χ0n) is 16.7. The summed E-state index contributed by atoms with van der Waals surface area (Å²) < 4.78 is 29.1. The van der Waals surface area contributed by atoms with Crippen molar-refractivity contribution in [3.05, 3.63) is 82.8 Å². The van der Waals surface area contributed by atoms with Gasteiger partial charge in [0.15, 0.2) is 0 Å². The number of aromatic amines is 2. The number of rotatable bonds is 4. The lowest BCUT2D eigenvalue weighted by atomic mass is 9.98.